The van der Waals surface area contributed by atoms with E-state index in [4.69, 9.17) is 5.73 Å². The second-order valence-electron chi connectivity index (χ2n) is 1.72. The summed E-state index contributed by atoms with van der Waals surface area (Å²) in [6.07, 6.45) is 2.00. The molecule has 0 radical (unpaired) electrons. The quantitative estimate of drug-likeness (QED) is 0.270. The minimum absolute atomic E-state index is 0. The predicted molar refractivity (Wildman–Crippen MR) is 39.7 cm³/mol. The van der Waals surface area contributed by atoms with Gasteiger partial charge < -0.3 is 12.2 Å². The van der Waals surface area contributed by atoms with Crippen LogP contribution in [0.5, 0.6) is 0 Å². The third-order valence-corrected chi connectivity index (χ3v) is 0.421. The average Bonchev–Trinajstić information content (AvgIpc) is 1.68. The molecule has 2 nitrogen and oxygen atoms in total. The second kappa shape index (κ2) is 11.9. The molecule has 3 heteroatoms. The van der Waals surface area contributed by atoms with Crippen molar-refractivity contribution in [2.45, 2.75) is 20.8 Å². The molecular formula is C7H14NNaO. The summed E-state index contributed by atoms with van der Waals surface area (Å²) in [6.45, 7) is 8.85. The maximum absolute atomic E-state index is 9.82. The van der Waals surface area contributed by atoms with E-state index >= 15 is 0 Å². The Morgan fingerprint density at radius 2 is 1.60 bits per heavy atom. The van der Waals surface area contributed by atoms with Gasteiger partial charge in [0.05, 0.1) is 0 Å². The summed E-state index contributed by atoms with van der Waals surface area (Å²) in [5, 5.41) is 0. The number of rotatable bonds is 1. The van der Waals surface area contributed by atoms with Crippen molar-refractivity contribution in [3.8, 4) is 0 Å². The third kappa shape index (κ3) is 24.1. The molecule has 10 heavy (non-hydrogen) atoms. The Kier molecular flexibility index (Phi) is 19.9. The van der Waals surface area contributed by atoms with Crippen molar-refractivity contribution in [1.82, 2.24) is 0 Å². The van der Waals surface area contributed by atoms with E-state index in [1.54, 1.807) is 6.92 Å². The van der Waals surface area contributed by atoms with E-state index in [0.717, 1.165) is 0 Å². The van der Waals surface area contributed by atoms with E-state index < -0.39 is 5.91 Å². The standard InChI is InChI=1S/C4H7NO.C3H7.Na/c1-3(2)4(5)6;1-3-2;/h1H2,2H3,(H2,5,6);3H,1-2H3;/q;-1;+1. The van der Waals surface area contributed by atoms with E-state index in [-0.39, 0.29) is 29.6 Å². The van der Waals surface area contributed by atoms with Crippen molar-refractivity contribution in [3.63, 3.8) is 0 Å². The number of nitrogens with two attached hydrogens (primary N) is 1. The van der Waals surface area contributed by atoms with Gasteiger partial charge in [0.1, 0.15) is 0 Å². The molecule has 0 aliphatic carbocycles. The molecule has 0 unspecified atom stereocenters. The predicted octanol–water partition coefficient (Wildman–Crippen LogP) is -1.72. The van der Waals surface area contributed by atoms with Gasteiger partial charge in [-0.1, -0.05) is 6.58 Å². The van der Waals surface area contributed by atoms with Crippen molar-refractivity contribution >= 4 is 5.91 Å². The fraction of sp³-hybridized carbons (Fsp3) is 0.429. The zero-order valence-corrected chi connectivity index (χ0v) is 9.27. The van der Waals surface area contributed by atoms with Crippen molar-refractivity contribution in [2.24, 2.45) is 5.73 Å². The summed E-state index contributed by atoms with van der Waals surface area (Å²) in [7, 11) is 0. The van der Waals surface area contributed by atoms with Gasteiger partial charge in [0.15, 0.2) is 0 Å². The van der Waals surface area contributed by atoms with Crippen LogP contribution in [-0.2, 0) is 4.79 Å². The summed E-state index contributed by atoms with van der Waals surface area (Å²) >= 11 is 0. The van der Waals surface area contributed by atoms with Gasteiger partial charge in [-0.25, -0.2) is 0 Å². The van der Waals surface area contributed by atoms with Crippen LogP contribution >= 0.6 is 0 Å². The fourth-order valence-corrected chi connectivity index (χ4v) is 0. The Labute approximate surface area is 85.2 Å². The summed E-state index contributed by atoms with van der Waals surface area (Å²) in [6, 6.07) is 0. The monoisotopic (exact) mass is 151 g/mol. The van der Waals surface area contributed by atoms with Crippen LogP contribution in [0.1, 0.15) is 20.8 Å². The molecule has 0 aliphatic rings. The van der Waals surface area contributed by atoms with E-state index in [1.165, 1.54) is 0 Å². The van der Waals surface area contributed by atoms with E-state index in [1.807, 2.05) is 20.3 Å². The van der Waals surface area contributed by atoms with Crippen LogP contribution in [0.2, 0.25) is 0 Å². The molecule has 0 aliphatic heterocycles. The molecule has 0 aromatic carbocycles. The van der Waals surface area contributed by atoms with Gasteiger partial charge in [-0.3, -0.25) is 4.79 Å². The molecule has 0 aromatic rings. The molecule has 0 saturated carbocycles. The van der Waals surface area contributed by atoms with Gasteiger partial charge in [-0.05, 0) is 6.92 Å². The van der Waals surface area contributed by atoms with Crippen LogP contribution in [0.25, 0.3) is 0 Å². The van der Waals surface area contributed by atoms with Crippen LogP contribution < -0.4 is 35.3 Å². The van der Waals surface area contributed by atoms with E-state index in [0.29, 0.717) is 5.57 Å². The number of hydrogen-bond acceptors (Lipinski definition) is 1. The van der Waals surface area contributed by atoms with Gasteiger partial charge >= 0.3 is 29.6 Å². The number of carbonyl (C=O) groups is 1. The molecule has 0 heterocycles. The van der Waals surface area contributed by atoms with Crippen molar-refractivity contribution in [3.05, 3.63) is 18.6 Å². The Balaban J connectivity index is -0.000000107. The number of hydrogen-bond donors (Lipinski definition) is 1. The molecule has 0 spiro atoms. The average molecular weight is 151 g/mol. The van der Waals surface area contributed by atoms with Gasteiger partial charge in [-0.15, -0.1) is 0 Å². The molecule has 54 valence electrons. The van der Waals surface area contributed by atoms with E-state index in [2.05, 4.69) is 6.58 Å². The minimum Gasteiger partial charge on any atom is -0.366 e. The normalized spacial score (nSPS) is 6.30. The van der Waals surface area contributed by atoms with Crippen LogP contribution in [0, 0.1) is 6.42 Å². The summed E-state index contributed by atoms with van der Waals surface area (Å²) in [4.78, 5) is 9.82. The Hall–Kier alpha value is 0.210. The first-order chi connectivity index (χ1) is 4.06. The number of primary amides is 1. The first-order valence-corrected chi connectivity index (χ1v) is 2.75. The smallest absolute Gasteiger partial charge is 0.366 e. The molecule has 1 amide bonds. The van der Waals surface area contributed by atoms with Crippen LogP contribution in [0.15, 0.2) is 12.2 Å². The molecular weight excluding hydrogens is 137 g/mol. The van der Waals surface area contributed by atoms with Crippen molar-refractivity contribution in [2.75, 3.05) is 0 Å². The van der Waals surface area contributed by atoms with Crippen LogP contribution in [0.3, 0.4) is 0 Å². The first-order valence-electron chi connectivity index (χ1n) is 2.75. The van der Waals surface area contributed by atoms with Crippen LogP contribution in [0.4, 0.5) is 0 Å². The molecule has 0 fully saturated rings. The molecule has 0 bridgehead atoms. The van der Waals surface area contributed by atoms with Crippen molar-refractivity contribution < 1.29 is 34.4 Å². The molecule has 2 N–H and O–H groups in total. The summed E-state index contributed by atoms with van der Waals surface area (Å²) in [5.74, 6) is -0.435. The Morgan fingerprint density at radius 1 is 1.50 bits per heavy atom. The zero-order chi connectivity index (χ0) is 7.86. The zero-order valence-electron chi connectivity index (χ0n) is 7.27. The Bertz CT molecular complexity index is 89.8. The second-order valence-corrected chi connectivity index (χ2v) is 1.72. The SMILES string of the molecule is C=C(C)C(N)=O.C[CH-]C.[Na+]. The van der Waals surface area contributed by atoms with Gasteiger partial charge in [0.2, 0.25) is 5.91 Å². The number of amides is 1. The van der Waals surface area contributed by atoms with Crippen LogP contribution in [-0.4, -0.2) is 5.91 Å². The van der Waals surface area contributed by atoms with Gasteiger partial charge in [-0.2, -0.15) is 13.8 Å². The molecule has 0 rings (SSSR count). The summed E-state index contributed by atoms with van der Waals surface area (Å²) in [5.41, 5.74) is 5.09. The minimum atomic E-state index is -0.435. The van der Waals surface area contributed by atoms with Gasteiger partial charge in [0.25, 0.3) is 0 Å². The largest absolute Gasteiger partial charge is 1.00 e. The summed E-state index contributed by atoms with van der Waals surface area (Å²) < 4.78 is 0. The Morgan fingerprint density at radius 3 is 1.60 bits per heavy atom. The van der Waals surface area contributed by atoms with Gasteiger partial charge in [0, 0.05) is 5.57 Å². The third-order valence-electron chi connectivity index (χ3n) is 0.421. The van der Waals surface area contributed by atoms with Crippen molar-refractivity contribution in [1.29, 1.82) is 0 Å². The maximum Gasteiger partial charge on any atom is 1.00 e. The van der Waals surface area contributed by atoms with E-state index in [9.17, 15) is 4.79 Å². The maximum atomic E-state index is 9.82. The first kappa shape index (κ1) is 16.7. The molecule has 0 aromatic heterocycles. The molecule has 0 saturated heterocycles. The topological polar surface area (TPSA) is 43.1 Å². The molecule has 0 atom stereocenters. The fourth-order valence-electron chi connectivity index (χ4n) is 0. The number of carbonyl (C=O) groups excluding carboxylic acids is 1.